The molecule has 1 rings (SSSR count). The van der Waals surface area contributed by atoms with Crippen LogP contribution < -0.4 is 4.90 Å². The first-order chi connectivity index (χ1) is 8.56. The van der Waals surface area contributed by atoms with E-state index in [1.54, 1.807) is 0 Å². The quantitative estimate of drug-likeness (QED) is 0.699. The Labute approximate surface area is 110 Å². The fourth-order valence-electron chi connectivity index (χ4n) is 2.22. The van der Waals surface area contributed by atoms with Crippen molar-refractivity contribution in [2.24, 2.45) is 7.05 Å². The Morgan fingerprint density at radius 1 is 1.44 bits per heavy atom. The molecule has 0 fully saturated rings. The van der Waals surface area contributed by atoms with Gasteiger partial charge in [-0.1, -0.05) is 20.3 Å². The highest BCUT2D eigenvalue weighted by Gasteiger charge is 2.21. The first-order valence-corrected chi connectivity index (χ1v) is 6.82. The number of anilines is 1. The van der Waals surface area contributed by atoms with Gasteiger partial charge in [-0.2, -0.15) is 5.10 Å². The zero-order chi connectivity index (χ0) is 13.7. The number of rotatable bonds is 7. The lowest BCUT2D eigenvalue weighted by molar-refractivity contribution is 0.112. The van der Waals surface area contributed by atoms with Gasteiger partial charge in [0.25, 0.3) is 0 Å². The molecule has 0 bridgehead atoms. The van der Waals surface area contributed by atoms with Gasteiger partial charge in [0.2, 0.25) is 0 Å². The van der Waals surface area contributed by atoms with Crippen LogP contribution in [0.5, 0.6) is 0 Å². The summed E-state index contributed by atoms with van der Waals surface area (Å²) in [6.07, 6.45) is 4.28. The van der Waals surface area contributed by atoms with Crippen molar-refractivity contribution < 1.29 is 4.79 Å². The lowest BCUT2D eigenvalue weighted by atomic mass is 10.1. The van der Waals surface area contributed by atoms with Crippen LogP contribution >= 0.6 is 0 Å². The van der Waals surface area contributed by atoms with E-state index >= 15 is 0 Å². The van der Waals surface area contributed by atoms with Crippen molar-refractivity contribution in [3.63, 3.8) is 0 Å². The van der Waals surface area contributed by atoms with Crippen molar-refractivity contribution in [1.29, 1.82) is 0 Å². The van der Waals surface area contributed by atoms with E-state index in [4.69, 9.17) is 0 Å². The molecule has 0 spiro atoms. The SMILES string of the molecule is CCCCN(c1c(C=O)c(C)nn1C)C(C)CC. The molecule has 0 saturated carbocycles. The Kier molecular flexibility index (Phi) is 5.38. The minimum absolute atomic E-state index is 0.421. The summed E-state index contributed by atoms with van der Waals surface area (Å²) in [5.41, 5.74) is 1.54. The van der Waals surface area contributed by atoms with Crippen LogP contribution in [-0.2, 0) is 7.05 Å². The molecule has 0 aromatic carbocycles. The first kappa shape index (κ1) is 14.7. The number of nitrogens with zero attached hydrogens (tertiary/aromatic N) is 3. The molecule has 0 aliphatic carbocycles. The molecule has 102 valence electrons. The van der Waals surface area contributed by atoms with E-state index in [0.29, 0.717) is 6.04 Å². The first-order valence-electron chi connectivity index (χ1n) is 6.82. The predicted octanol–water partition coefficient (Wildman–Crippen LogP) is 2.95. The third-order valence-electron chi connectivity index (χ3n) is 3.50. The molecular formula is C14H25N3O. The molecule has 0 N–H and O–H groups in total. The van der Waals surface area contributed by atoms with Crippen LogP contribution in [0.1, 0.15) is 56.1 Å². The minimum Gasteiger partial charge on any atom is -0.354 e. The molecule has 1 aromatic heterocycles. The average molecular weight is 251 g/mol. The van der Waals surface area contributed by atoms with Gasteiger partial charge in [0.15, 0.2) is 6.29 Å². The second-order valence-corrected chi connectivity index (χ2v) is 4.87. The summed E-state index contributed by atoms with van der Waals surface area (Å²) in [5, 5.41) is 4.37. The highest BCUT2D eigenvalue weighted by atomic mass is 16.1. The lowest BCUT2D eigenvalue weighted by Crippen LogP contribution is -2.35. The number of hydrogen-bond acceptors (Lipinski definition) is 3. The normalized spacial score (nSPS) is 12.5. The Bertz CT molecular complexity index is 398. The second kappa shape index (κ2) is 6.57. The van der Waals surface area contributed by atoms with Gasteiger partial charge in [0, 0.05) is 19.6 Å². The van der Waals surface area contributed by atoms with E-state index in [9.17, 15) is 4.79 Å². The van der Waals surface area contributed by atoms with Gasteiger partial charge in [-0.15, -0.1) is 0 Å². The van der Waals surface area contributed by atoms with Crippen molar-refractivity contribution in [3.05, 3.63) is 11.3 Å². The van der Waals surface area contributed by atoms with Crippen molar-refractivity contribution in [2.75, 3.05) is 11.4 Å². The van der Waals surface area contributed by atoms with E-state index in [2.05, 4.69) is 30.8 Å². The molecule has 0 aliphatic heterocycles. The van der Waals surface area contributed by atoms with E-state index in [0.717, 1.165) is 49.2 Å². The highest BCUT2D eigenvalue weighted by molar-refractivity contribution is 5.84. The Hall–Kier alpha value is -1.32. The number of aldehydes is 1. The summed E-state index contributed by atoms with van der Waals surface area (Å²) in [6.45, 7) is 9.43. The summed E-state index contributed by atoms with van der Waals surface area (Å²) >= 11 is 0. The van der Waals surface area contributed by atoms with Gasteiger partial charge in [0.1, 0.15) is 5.82 Å². The minimum atomic E-state index is 0.421. The number of unbranched alkanes of at least 4 members (excludes halogenated alkanes) is 1. The molecule has 4 nitrogen and oxygen atoms in total. The van der Waals surface area contributed by atoms with Gasteiger partial charge < -0.3 is 4.90 Å². The average Bonchev–Trinajstić information content (AvgIpc) is 2.64. The Balaban J connectivity index is 3.14. The maximum absolute atomic E-state index is 11.3. The third kappa shape index (κ3) is 2.92. The molecule has 18 heavy (non-hydrogen) atoms. The molecule has 1 unspecified atom stereocenters. The van der Waals surface area contributed by atoms with Crippen LogP contribution in [0.25, 0.3) is 0 Å². The van der Waals surface area contributed by atoms with Gasteiger partial charge in [0.05, 0.1) is 11.3 Å². The fraction of sp³-hybridized carbons (Fsp3) is 0.714. The fourth-order valence-corrected chi connectivity index (χ4v) is 2.22. The van der Waals surface area contributed by atoms with E-state index < -0.39 is 0 Å². The lowest BCUT2D eigenvalue weighted by Gasteiger charge is -2.31. The topological polar surface area (TPSA) is 38.1 Å². The molecule has 0 aliphatic rings. The van der Waals surface area contributed by atoms with Gasteiger partial charge in [-0.3, -0.25) is 9.48 Å². The molecule has 1 aromatic rings. The maximum Gasteiger partial charge on any atom is 0.155 e. The smallest absolute Gasteiger partial charge is 0.155 e. The summed E-state index contributed by atoms with van der Waals surface area (Å²) < 4.78 is 1.83. The maximum atomic E-state index is 11.3. The van der Waals surface area contributed by atoms with E-state index in [1.165, 1.54) is 0 Å². The number of aromatic nitrogens is 2. The van der Waals surface area contributed by atoms with Gasteiger partial charge in [-0.25, -0.2) is 0 Å². The van der Waals surface area contributed by atoms with Crippen LogP contribution in [0.4, 0.5) is 5.82 Å². The number of carbonyl (C=O) groups is 1. The second-order valence-electron chi connectivity index (χ2n) is 4.87. The van der Waals surface area contributed by atoms with Gasteiger partial charge in [-0.05, 0) is 26.7 Å². The highest BCUT2D eigenvalue weighted by Crippen LogP contribution is 2.24. The monoisotopic (exact) mass is 251 g/mol. The molecule has 0 saturated heterocycles. The molecule has 4 heteroatoms. The summed E-state index contributed by atoms with van der Waals surface area (Å²) in [4.78, 5) is 13.6. The standard InChI is InChI=1S/C14H25N3O/c1-6-8-9-17(11(3)7-2)14-13(10-18)12(4)15-16(14)5/h10-11H,6-9H2,1-5H3. The summed E-state index contributed by atoms with van der Waals surface area (Å²) in [6, 6.07) is 0.421. The molecule has 1 heterocycles. The van der Waals surface area contributed by atoms with Crippen molar-refractivity contribution in [2.45, 2.75) is 53.0 Å². The predicted molar refractivity (Wildman–Crippen MR) is 75.3 cm³/mol. The Morgan fingerprint density at radius 2 is 2.11 bits per heavy atom. The zero-order valence-corrected chi connectivity index (χ0v) is 12.2. The van der Waals surface area contributed by atoms with Crippen LogP contribution in [0.15, 0.2) is 0 Å². The van der Waals surface area contributed by atoms with E-state index in [-0.39, 0.29) is 0 Å². The van der Waals surface area contributed by atoms with Crippen LogP contribution in [0.3, 0.4) is 0 Å². The van der Waals surface area contributed by atoms with Crippen molar-refractivity contribution >= 4 is 12.1 Å². The van der Waals surface area contributed by atoms with Crippen LogP contribution in [0.2, 0.25) is 0 Å². The summed E-state index contributed by atoms with van der Waals surface area (Å²) in [7, 11) is 1.91. The van der Waals surface area contributed by atoms with Crippen molar-refractivity contribution in [1.82, 2.24) is 9.78 Å². The van der Waals surface area contributed by atoms with Crippen LogP contribution in [0, 0.1) is 6.92 Å². The molecular weight excluding hydrogens is 226 g/mol. The Morgan fingerprint density at radius 3 is 2.61 bits per heavy atom. The summed E-state index contributed by atoms with van der Waals surface area (Å²) in [5.74, 6) is 0.963. The van der Waals surface area contributed by atoms with Crippen molar-refractivity contribution in [3.8, 4) is 0 Å². The largest absolute Gasteiger partial charge is 0.354 e. The zero-order valence-electron chi connectivity index (χ0n) is 12.2. The van der Waals surface area contributed by atoms with Crippen LogP contribution in [-0.4, -0.2) is 28.7 Å². The van der Waals surface area contributed by atoms with E-state index in [1.807, 2.05) is 18.7 Å². The third-order valence-corrected chi connectivity index (χ3v) is 3.50. The number of aryl methyl sites for hydroxylation is 2. The number of carbonyl (C=O) groups excluding carboxylic acids is 1. The number of hydrogen-bond donors (Lipinski definition) is 0. The molecule has 0 amide bonds. The van der Waals surface area contributed by atoms with Gasteiger partial charge >= 0.3 is 0 Å². The molecule has 0 radical (unpaired) electrons. The molecule has 1 atom stereocenters.